The number of rotatable bonds is 5. The fourth-order valence-electron chi connectivity index (χ4n) is 4.36. The summed E-state index contributed by atoms with van der Waals surface area (Å²) in [5, 5.41) is 2.82. The summed E-state index contributed by atoms with van der Waals surface area (Å²) in [7, 11) is 0. The van der Waals surface area contributed by atoms with Crippen LogP contribution in [-0.2, 0) is 25.6 Å². The third-order valence-electron chi connectivity index (χ3n) is 6.06. The van der Waals surface area contributed by atoms with Crippen molar-refractivity contribution in [3.8, 4) is 0 Å². The van der Waals surface area contributed by atoms with Crippen LogP contribution in [0, 0.1) is 12.8 Å². The number of likely N-dealkylation sites (tertiary alicyclic amines) is 1. The van der Waals surface area contributed by atoms with Crippen molar-refractivity contribution in [1.82, 2.24) is 15.1 Å². The van der Waals surface area contributed by atoms with E-state index >= 15 is 0 Å². The topological polar surface area (TPSA) is 88.2 Å². The Morgan fingerprint density at radius 3 is 2.58 bits per heavy atom. The molecule has 33 heavy (non-hydrogen) atoms. The summed E-state index contributed by atoms with van der Waals surface area (Å²) in [4.78, 5) is 41.8. The SMILES string of the molecule is Cc1ccc(CN2C(=O)COC(C)[C@H]2C(=O)N2CCC[C@H](CNC(=O)OC(C)(C)C)C2)cc1. The predicted octanol–water partition coefficient (Wildman–Crippen LogP) is 2.87. The molecule has 2 saturated heterocycles. The van der Waals surface area contributed by atoms with Crippen LogP contribution in [0.3, 0.4) is 0 Å². The van der Waals surface area contributed by atoms with E-state index in [4.69, 9.17) is 9.47 Å². The van der Waals surface area contributed by atoms with E-state index in [0.29, 0.717) is 26.2 Å². The summed E-state index contributed by atoms with van der Waals surface area (Å²) >= 11 is 0. The molecule has 0 aromatic heterocycles. The molecule has 1 N–H and O–H groups in total. The molecule has 3 atom stereocenters. The molecule has 2 aliphatic rings. The molecule has 1 aromatic rings. The van der Waals surface area contributed by atoms with Gasteiger partial charge in [-0.1, -0.05) is 29.8 Å². The van der Waals surface area contributed by atoms with E-state index in [9.17, 15) is 14.4 Å². The number of ether oxygens (including phenoxy) is 2. The highest BCUT2D eigenvalue weighted by Gasteiger charge is 2.42. The van der Waals surface area contributed by atoms with Crippen LogP contribution in [0.1, 0.15) is 51.7 Å². The fraction of sp³-hybridized carbons (Fsp3) is 0.640. The second-order valence-corrected chi connectivity index (χ2v) is 10.1. The molecule has 2 aliphatic heterocycles. The quantitative estimate of drug-likeness (QED) is 0.732. The van der Waals surface area contributed by atoms with Gasteiger partial charge in [-0.25, -0.2) is 4.79 Å². The number of piperidine rings is 1. The minimum Gasteiger partial charge on any atom is -0.444 e. The minimum absolute atomic E-state index is 0.0146. The Morgan fingerprint density at radius 1 is 1.21 bits per heavy atom. The van der Waals surface area contributed by atoms with Crippen molar-refractivity contribution in [2.45, 2.75) is 71.8 Å². The van der Waals surface area contributed by atoms with E-state index in [1.807, 2.05) is 63.8 Å². The van der Waals surface area contributed by atoms with Crippen LogP contribution in [-0.4, -0.2) is 71.7 Å². The molecule has 0 saturated carbocycles. The van der Waals surface area contributed by atoms with Gasteiger partial charge >= 0.3 is 6.09 Å². The summed E-state index contributed by atoms with van der Waals surface area (Å²) in [5.41, 5.74) is 1.58. The Morgan fingerprint density at radius 2 is 1.91 bits per heavy atom. The van der Waals surface area contributed by atoms with E-state index in [1.165, 1.54) is 0 Å². The lowest BCUT2D eigenvalue weighted by Gasteiger charge is -2.42. The normalized spacial score (nSPS) is 23.9. The van der Waals surface area contributed by atoms with E-state index in [1.54, 1.807) is 4.90 Å². The Bertz CT molecular complexity index is 849. The second kappa shape index (κ2) is 10.5. The van der Waals surface area contributed by atoms with Crippen molar-refractivity contribution in [3.05, 3.63) is 35.4 Å². The smallest absolute Gasteiger partial charge is 0.407 e. The lowest BCUT2D eigenvalue weighted by molar-refractivity contribution is -0.168. The van der Waals surface area contributed by atoms with E-state index < -0.39 is 17.7 Å². The molecule has 1 aromatic carbocycles. The molecular formula is C25H37N3O5. The van der Waals surface area contributed by atoms with Crippen molar-refractivity contribution in [2.75, 3.05) is 26.2 Å². The zero-order valence-electron chi connectivity index (χ0n) is 20.4. The number of hydrogen-bond acceptors (Lipinski definition) is 5. The lowest BCUT2D eigenvalue weighted by atomic mass is 9.96. The number of aryl methyl sites for hydroxylation is 1. The number of benzene rings is 1. The molecule has 3 rings (SSSR count). The standard InChI is InChI=1S/C25H37N3O5/c1-17-8-10-19(11-9-17)15-28-21(29)16-32-18(2)22(28)23(30)27-12-6-7-20(14-27)13-26-24(31)33-25(3,4)5/h8-11,18,20,22H,6-7,12-16H2,1-5H3,(H,26,31)/t18?,20-,22+/m1/s1. The van der Waals surface area contributed by atoms with Crippen LogP contribution < -0.4 is 5.32 Å². The van der Waals surface area contributed by atoms with Gasteiger partial charge in [0.2, 0.25) is 11.8 Å². The van der Waals surface area contributed by atoms with Gasteiger partial charge in [-0.3, -0.25) is 9.59 Å². The van der Waals surface area contributed by atoms with Crippen molar-refractivity contribution < 1.29 is 23.9 Å². The molecule has 0 aliphatic carbocycles. The molecule has 8 heteroatoms. The molecule has 182 valence electrons. The molecule has 2 heterocycles. The fourth-order valence-corrected chi connectivity index (χ4v) is 4.36. The average Bonchev–Trinajstić information content (AvgIpc) is 2.75. The first-order chi connectivity index (χ1) is 15.5. The van der Waals surface area contributed by atoms with Gasteiger partial charge in [-0.15, -0.1) is 0 Å². The zero-order chi connectivity index (χ0) is 24.2. The van der Waals surface area contributed by atoms with Gasteiger partial charge in [0.1, 0.15) is 18.2 Å². The minimum atomic E-state index is -0.662. The van der Waals surface area contributed by atoms with Crippen LogP contribution >= 0.6 is 0 Å². The van der Waals surface area contributed by atoms with Gasteiger partial charge in [0.15, 0.2) is 0 Å². The van der Waals surface area contributed by atoms with Crippen LogP contribution in [0.5, 0.6) is 0 Å². The first-order valence-electron chi connectivity index (χ1n) is 11.8. The molecule has 1 unspecified atom stereocenters. The second-order valence-electron chi connectivity index (χ2n) is 10.1. The van der Waals surface area contributed by atoms with Gasteiger partial charge in [0.25, 0.3) is 0 Å². The first-order valence-corrected chi connectivity index (χ1v) is 11.8. The van der Waals surface area contributed by atoms with E-state index in [-0.39, 0.29) is 30.4 Å². The highest BCUT2D eigenvalue weighted by atomic mass is 16.6. The largest absolute Gasteiger partial charge is 0.444 e. The third kappa shape index (κ3) is 6.93. The lowest BCUT2D eigenvalue weighted by Crippen LogP contribution is -2.61. The number of nitrogens with one attached hydrogen (secondary N) is 1. The maximum absolute atomic E-state index is 13.6. The third-order valence-corrected chi connectivity index (χ3v) is 6.06. The summed E-state index contributed by atoms with van der Waals surface area (Å²) in [5.74, 6) is -0.131. The average molecular weight is 460 g/mol. The van der Waals surface area contributed by atoms with Gasteiger partial charge in [-0.05, 0) is 58.9 Å². The van der Waals surface area contributed by atoms with Crippen LogP contribution in [0.25, 0.3) is 0 Å². The Balaban J connectivity index is 1.65. The van der Waals surface area contributed by atoms with Gasteiger partial charge < -0.3 is 24.6 Å². The number of morpholine rings is 1. The number of hydrogen-bond donors (Lipinski definition) is 1. The summed E-state index contributed by atoms with van der Waals surface area (Å²) in [6.45, 7) is 11.3. The highest BCUT2D eigenvalue weighted by Crippen LogP contribution is 2.24. The first kappa shape index (κ1) is 25.0. The molecule has 0 spiro atoms. The maximum atomic E-state index is 13.6. The number of amides is 3. The number of alkyl carbamates (subject to hydrolysis) is 1. The van der Waals surface area contributed by atoms with E-state index in [0.717, 1.165) is 24.0 Å². The van der Waals surface area contributed by atoms with Gasteiger partial charge in [-0.2, -0.15) is 0 Å². The van der Waals surface area contributed by atoms with Crippen molar-refractivity contribution in [3.63, 3.8) is 0 Å². The zero-order valence-corrected chi connectivity index (χ0v) is 20.4. The van der Waals surface area contributed by atoms with Crippen LogP contribution in [0.15, 0.2) is 24.3 Å². The van der Waals surface area contributed by atoms with Crippen molar-refractivity contribution in [1.29, 1.82) is 0 Å². The Hall–Kier alpha value is -2.61. The summed E-state index contributed by atoms with van der Waals surface area (Å²) in [6, 6.07) is 7.33. The maximum Gasteiger partial charge on any atom is 0.407 e. The molecular weight excluding hydrogens is 422 g/mol. The molecule has 3 amide bonds. The number of carbonyl (C=O) groups is 3. The van der Waals surface area contributed by atoms with Gasteiger partial charge in [0.05, 0.1) is 6.10 Å². The summed E-state index contributed by atoms with van der Waals surface area (Å²) in [6.07, 6.45) is 0.929. The molecule has 8 nitrogen and oxygen atoms in total. The predicted molar refractivity (Wildman–Crippen MR) is 124 cm³/mol. The highest BCUT2D eigenvalue weighted by molar-refractivity contribution is 5.89. The Kier molecular flexibility index (Phi) is 8.00. The van der Waals surface area contributed by atoms with Crippen LogP contribution in [0.2, 0.25) is 0 Å². The molecule has 2 fully saturated rings. The van der Waals surface area contributed by atoms with E-state index in [2.05, 4.69) is 5.32 Å². The van der Waals surface area contributed by atoms with Crippen molar-refractivity contribution in [2.24, 2.45) is 5.92 Å². The molecule has 0 radical (unpaired) electrons. The monoisotopic (exact) mass is 459 g/mol. The number of carbonyl (C=O) groups excluding carboxylic acids is 3. The van der Waals surface area contributed by atoms with Crippen molar-refractivity contribution >= 4 is 17.9 Å². The van der Waals surface area contributed by atoms with Gasteiger partial charge in [0, 0.05) is 26.2 Å². The van der Waals surface area contributed by atoms with Crippen LogP contribution in [0.4, 0.5) is 4.79 Å². The number of nitrogens with zero attached hydrogens (tertiary/aromatic N) is 2. The molecule has 0 bridgehead atoms. The Labute approximate surface area is 196 Å². The summed E-state index contributed by atoms with van der Waals surface area (Å²) < 4.78 is 11.0.